The summed E-state index contributed by atoms with van der Waals surface area (Å²) in [6.45, 7) is 1.61. The summed E-state index contributed by atoms with van der Waals surface area (Å²) in [6, 6.07) is 5.51. The summed E-state index contributed by atoms with van der Waals surface area (Å²) in [5.41, 5.74) is 6.57. The molecule has 0 heterocycles. The summed E-state index contributed by atoms with van der Waals surface area (Å²) in [4.78, 5) is 0. The Morgan fingerprint density at radius 1 is 1.31 bits per heavy atom. The van der Waals surface area contributed by atoms with Crippen molar-refractivity contribution < 1.29 is 12.8 Å². The second-order valence-corrected chi connectivity index (χ2v) is 6.52. The van der Waals surface area contributed by atoms with Gasteiger partial charge in [-0.1, -0.05) is 19.1 Å². The normalized spacial score (nSPS) is 29.1. The van der Waals surface area contributed by atoms with Gasteiger partial charge in [-0.15, -0.1) is 0 Å². The average molecular weight is 243 g/mol. The molecule has 0 spiro atoms. The Kier molecular flexibility index (Phi) is 2.75. The van der Waals surface area contributed by atoms with Crippen LogP contribution in [0.25, 0.3) is 0 Å². The standard InChI is InChI=1S/C11H14FNO2S/c1-2-16(14,15)11-9(10(11)13)7-3-5-8(12)6-4-7/h3-6,9-11H,2,13H2,1H3/t9-,10-,11-/m0/s1. The predicted octanol–water partition coefficient (Wildman–Crippen LogP) is 1.05. The monoisotopic (exact) mass is 243 g/mol. The van der Waals surface area contributed by atoms with E-state index in [-0.39, 0.29) is 23.5 Å². The van der Waals surface area contributed by atoms with Crippen LogP contribution in [0.2, 0.25) is 0 Å². The van der Waals surface area contributed by atoms with Gasteiger partial charge in [-0.2, -0.15) is 0 Å². The van der Waals surface area contributed by atoms with E-state index in [0.717, 1.165) is 5.56 Å². The minimum absolute atomic E-state index is 0.100. The predicted molar refractivity (Wildman–Crippen MR) is 60.4 cm³/mol. The van der Waals surface area contributed by atoms with Crippen LogP contribution < -0.4 is 5.73 Å². The van der Waals surface area contributed by atoms with Gasteiger partial charge in [0.25, 0.3) is 0 Å². The molecule has 5 heteroatoms. The fraction of sp³-hybridized carbons (Fsp3) is 0.455. The summed E-state index contributed by atoms with van der Waals surface area (Å²) in [7, 11) is -3.10. The van der Waals surface area contributed by atoms with Crippen LogP contribution in [-0.4, -0.2) is 25.5 Å². The van der Waals surface area contributed by atoms with Crippen molar-refractivity contribution in [2.45, 2.75) is 24.1 Å². The molecule has 16 heavy (non-hydrogen) atoms. The molecule has 0 unspecified atom stereocenters. The Labute approximate surface area is 94.4 Å². The molecule has 1 aromatic rings. The van der Waals surface area contributed by atoms with Crippen molar-refractivity contribution >= 4 is 9.84 Å². The van der Waals surface area contributed by atoms with Crippen molar-refractivity contribution in [2.24, 2.45) is 5.73 Å². The van der Waals surface area contributed by atoms with Crippen molar-refractivity contribution in [2.75, 3.05) is 5.75 Å². The molecule has 0 amide bonds. The number of benzene rings is 1. The molecular formula is C11H14FNO2S. The van der Waals surface area contributed by atoms with Crippen molar-refractivity contribution in [3.05, 3.63) is 35.6 Å². The minimum atomic E-state index is -3.10. The van der Waals surface area contributed by atoms with Gasteiger partial charge in [-0.05, 0) is 17.7 Å². The van der Waals surface area contributed by atoms with E-state index in [2.05, 4.69) is 0 Å². The lowest BCUT2D eigenvalue weighted by atomic mass is 10.1. The van der Waals surface area contributed by atoms with Gasteiger partial charge in [0.1, 0.15) is 5.82 Å². The molecule has 1 fully saturated rings. The van der Waals surface area contributed by atoms with Crippen LogP contribution in [0.15, 0.2) is 24.3 Å². The molecule has 2 N–H and O–H groups in total. The van der Waals surface area contributed by atoms with E-state index in [1.54, 1.807) is 19.1 Å². The first-order valence-corrected chi connectivity index (χ1v) is 6.91. The van der Waals surface area contributed by atoms with Crippen LogP contribution in [0.5, 0.6) is 0 Å². The first kappa shape index (κ1) is 11.5. The zero-order valence-electron chi connectivity index (χ0n) is 8.93. The zero-order valence-corrected chi connectivity index (χ0v) is 9.75. The SMILES string of the molecule is CCS(=O)(=O)[C@@H]1[C@@H](N)[C@@H]1c1ccc(F)cc1. The van der Waals surface area contributed by atoms with Gasteiger partial charge in [-0.3, -0.25) is 0 Å². The number of hydrogen-bond acceptors (Lipinski definition) is 3. The first-order valence-electron chi connectivity index (χ1n) is 5.20. The van der Waals surface area contributed by atoms with Crippen molar-refractivity contribution in [3.8, 4) is 0 Å². The van der Waals surface area contributed by atoms with Crippen molar-refractivity contribution in [3.63, 3.8) is 0 Å². The van der Waals surface area contributed by atoms with E-state index in [1.807, 2.05) is 0 Å². The van der Waals surface area contributed by atoms with Crippen LogP contribution >= 0.6 is 0 Å². The van der Waals surface area contributed by atoms with Crippen LogP contribution in [0.4, 0.5) is 4.39 Å². The number of halogens is 1. The summed E-state index contributed by atoms with van der Waals surface area (Å²) < 4.78 is 36.1. The Balaban J connectivity index is 2.24. The van der Waals surface area contributed by atoms with Crippen LogP contribution in [-0.2, 0) is 9.84 Å². The quantitative estimate of drug-likeness (QED) is 0.863. The van der Waals surface area contributed by atoms with Gasteiger partial charge >= 0.3 is 0 Å². The molecule has 3 atom stereocenters. The van der Waals surface area contributed by atoms with Crippen molar-refractivity contribution in [1.29, 1.82) is 0 Å². The maximum atomic E-state index is 12.7. The molecule has 0 saturated heterocycles. The van der Waals surface area contributed by atoms with Crippen LogP contribution in [0, 0.1) is 5.82 Å². The summed E-state index contributed by atoms with van der Waals surface area (Å²) in [6.07, 6.45) is 0. The third-order valence-electron chi connectivity index (χ3n) is 3.08. The largest absolute Gasteiger partial charge is 0.326 e. The Morgan fingerprint density at radius 2 is 1.88 bits per heavy atom. The molecule has 0 aromatic heterocycles. The second-order valence-electron chi connectivity index (χ2n) is 4.07. The Morgan fingerprint density at radius 3 is 2.38 bits per heavy atom. The van der Waals surface area contributed by atoms with E-state index in [4.69, 9.17) is 5.73 Å². The molecule has 0 radical (unpaired) electrons. The Hall–Kier alpha value is -0.940. The molecule has 0 aliphatic heterocycles. The van der Waals surface area contributed by atoms with Crippen LogP contribution in [0.3, 0.4) is 0 Å². The maximum Gasteiger partial charge on any atom is 0.155 e. The lowest BCUT2D eigenvalue weighted by molar-refractivity contribution is 0.594. The second kappa shape index (κ2) is 3.82. The van der Waals surface area contributed by atoms with Gasteiger partial charge in [0.2, 0.25) is 0 Å². The molecule has 2 rings (SSSR count). The molecule has 1 saturated carbocycles. The number of hydrogen-bond donors (Lipinski definition) is 1. The summed E-state index contributed by atoms with van der Waals surface area (Å²) in [5, 5.41) is -0.497. The number of sulfone groups is 1. The highest BCUT2D eigenvalue weighted by atomic mass is 32.2. The molecule has 88 valence electrons. The highest BCUT2D eigenvalue weighted by Crippen LogP contribution is 2.44. The van der Waals surface area contributed by atoms with Gasteiger partial charge in [0.15, 0.2) is 9.84 Å². The van der Waals surface area contributed by atoms with E-state index in [0.29, 0.717) is 0 Å². The van der Waals surface area contributed by atoms with Crippen LogP contribution in [0.1, 0.15) is 18.4 Å². The number of nitrogens with two attached hydrogens (primary N) is 1. The highest BCUT2D eigenvalue weighted by molar-refractivity contribution is 7.92. The molecule has 1 aliphatic rings. The highest BCUT2D eigenvalue weighted by Gasteiger charge is 2.55. The van der Waals surface area contributed by atoms with Gasteiger partial charge in [0.05, 0.1) is 5.25 Å². The molecule has 1 aliphatic carbocycles. The van der Waals surface area contributed by atoms with Gasteiger partial charge in [-0.25, -0.2) is 12.8 Å². The Bertz CT molecular complexity index is 483. The van der Waals surface area contributed by atoms with E-state index in [9.17, 15) is 12.8 Å². The molecule has 1 aromatic carbocycles. The fourth-order valence-corrected chi connectivity index (χ4v) is 3.79. The smallest absolute Gasteiger partial charge is 0.155 e. The van der Waals surface area contributed by atoms with E-state index >= 15 is 0 Å². The first-order chi connectivity index (χ1) is 7.47. The van der Waals surface area contributed by atoms with Gasteiger partial charge < -0.3 is 5.73 Å². The topological polar surface area (TPSA) is 60.2 Å². The lowest BCUT2D eigenvalue weighted by Crippen LogP contribution is -2.17. The van der Waals surface area contributed by atoms with Crippen molar-refractivity contribution in [1.82, 2.24) is 0 Å². The van der Waals surface area contributed by atoms with Gasteiger partial charge in [0, 0.05) is 17.7 Å². The minimum Gasteiger partial charge on any atom is -0.326 e. The third-order valence-corrected chi connectivity index (χ3v) is 5.32. The lowest BCUT2D eigenvalue weighted by Gasteiger charge is -2.00. The molecule has 0 bridgehead atoms. The summed E-state index contributed by atoms with van der Waals surface area (Å²) >= 11 is 0. The average Bonchev–Trinajstić information content (AvgIpc) is 2.92. The number of rotatable bonds is 3. The van der Waals surface area contributed by atoms with E-state index < -0.39 is 15.1 Å². The molecular weight excluding hydrogens is 229 g/mol. The van der Waals surface area contributed by atoms with E-state index in [1.165, 1.54) is 12.1 Å². The maximum absolute atomic E-state index is 12.7. The third kappa shape index (κ3) is 1.85. The zero-order chi connectivity index (χ0) is 11.9. The summed E-state index contributed by atoms with van der Waals surface area (Å²) in [5.74, 6) is -0.401. The fourth-order valence-electron chi connectivity index (χ4n) is 2.06. The molecule has 3 nitrogen and oxygen atoms in total.